The van der Waals surface area contributed by atoms with Gasteiger partial charge in [0.1, 0.15) is 18.1 Å². The van der Waals surface area contributed by atoms with E-state index in [1.807, 2.05) is 37.9 Å². The summed E-state index contributed by atoms with van der Waals surface area (Å²) in [6, 6.07) is 10.5. The normalized spacial score (nSPS) is 11.3. The summed E-state index contributed by atoms with van der Waals surface area (Å²) < 4.78 is 2.09. The molecule has 0 amide bonds. The van der Waals surface area contributed by atoms with Crippen LogP contribution in [0.2, 0.25) is 0 Å². The summed E-state index contributed by atoms with van der Waals surface area (Å²) in [5, 5.41) is 2.05. The molecule has 1 aromatic carbocycles. The lowest BCUT2D eigenvalue weighted by atomic mass is 10.1. The van der Waals surface area contributed by atoms with Crippen molar-refractivity contribution in [3.8, 4) is 0 Å². The van der Waals surface area contributed by atoms with Gasteiger partial charge in [-0.05, 0) is 28.8 Å². The summed E-state index contributed by atoms with van der Waals surface area (Å²) in [6.07, 6.45) is 8.13. The zero-order chi connectivity index (χ0) is 13.9. The molecular formula is C16H16N3S+. The quantitative estimate of drug-likeness (QED) is 0.688. The van der Waals surface area contributed by atoms with Crippen LogP contribution in [0.1, 0.15) is 11.3 Å². The maximum atomic E-state index is 4.33. The number of aromatic nitrogens is 2. The van der Waals surface area contributed by atoms with E-state index in [0.29, 0.717) is 0 Å². The Balaban J connectivity index is 1.88. The Morgan fingerprint density at radius 2 is 1.90 bits per heavy atom. The van der Waals surface area contributed by atoms with Crippen molar-refractivity contribution in [3.63, 3.8) is 0 Å². The predicted molar refractivity (Wildman–Crippen MR) is 85.0 cm³/mol. The lowest BCUT2D eigenvalue weighted by molar-refractivity contribution is -0.512. The first-order valence-corrected chi connectivity index (χ1v) is 7.31. The third-order valence-corrected chi connectivity index (χ3v) is 3.92. The molecule has 3 rings (SSSR count). The molecule has 0 fully saturated rings. The SMILES string of the molecule is CN(C)c1ccc(C=Cc2ccnc3scc[n+]23)cc1. The van der Waals surface area contributed by atoms with Crippen LogP contribution in [-0.4, -0.2) is 19.1 Å². The van der Waals surface area contributed by atoms with Crippen molar-refractivity contribution in [1.82, 2.24) is 4.98 Å². The van der Waals surface area contributed by atoms with Gasteiger partial charge in [-0.25, -0.2) is 0 Å². The van der Waals surface area contributed by atoms with Crippen molar-refractivity contribution in [2.45, 2.75) is 0 Å². The summed E-state index contributed by atoms with van der Waals surface area (Å²) in [7, 11) is 4.09. The summed E-state index contributed by atoms with van der Waals surface area (Å²) in [6.45, 7) is 0. The van der Waals surface area contributed by atoms with Gasteiger partial charge in [0.05, 0.1) is 0 Å². The maximum absolute atomic E-state index is 4.33. The molecule has 2 aromatic heterocycles. The molecule has 0 radical (unpaired) electrons. The van der Waals surface area contributed by atoms with E-state index in [4.69, 9.17) is 0 Å². The van der Waals surface area contributed by atoms with Crippen LogP contribution in [0.4, 0.5) is 5.69 Å². The Morgan fingerprint density at radius 1 is 1.10 bits per heavy atom. The fraction of sp³-hybridized carbons (Fsp3) is 0.125. The van der Waals surface area contributed by atoms with E-state index in [1.54, 1.807) is 11.3 Å². The Labute approximate surface area is 122 Å². The Kier molecular flexibility index (Phi) is 3.48. The minimum absolute atomic E-state index is 1.01. The number of anilines is 1. The Bertz CT molecular complexity index is 742. The van der Waals surface area contributed by atoms with Crippen molar-refractivity contribution in [3.05, 3.63) is 59.4 Å². The monoisotopic (exact) mass is 282 g/mol. The van der Waals surface area contributed by atoms with Crippen LogP contribution in [0.15, 0.2) is 48.1 Å². The van der Waals surface area contributed by atoms with E-state index >= 15 is 0 Å². The minimum Gasteiger partial charge on any atom is -0.378 e. The molecule has 0 N–H and O–H groups in total. The molecule has 0 aliphatic heterocycles. The molecule has 4 heteroatoms. The highest BCUT2D eigenvalue weighted by Crippen LogP contribution is 2.14. The van der Waals surface area contributed by atoms with Gasteiger partial charge in [-0.1, -0.05) is 29.5 Å². The van der Waals surface area contributed by atoms with Gasteiger partial charge >= 0.3 is 4.96 Å². The lowest BCUT2D eigenvalue weighted by Gasteiger charge is -2.11. The van der Waals surface area contributed by atoms with Gasteiger partial charge in [0.2, 0.25) is 0 Å². The van der Waals surface area contributed by atoms with Crippen molar-refractivity contribution >= 4 is 34.1 Å². The van der Waals surface area contributed by atoms with Crippen molar-refractivity contribution in [1.29, 1.82) is 0 Å². The average molecular weight is 282 g/mol. The molecule has 0 saturated heterocycles. The van der Waals surface area contributed by atoms with Gasteiger partial charge in [0, 0.05) is 31.2 Å². The molecule has 0 bridgehead atoms. The second-order valence-corrected chi connectivity index (χ2v) is 5.62. The van der Waals surface area contributed by atoms with Gasteiger partial charge < -0.3 is 4.90 Å². The number of fused-ring (bicyclic) bond motifs is 1. The van der Waals surface area contributed by atoms with E-state index in [0.717, 1.165) is 10.7 Å². The first kappa shape index (κ1) is 12.8. The largest absolute Gasteiger partial charge is 0.387 e. The molecule has 0 spiro atoms. The number of benzene rings is 1. The van der Waals surface area contributed by atoms with Crippen LogP contribution < -0.4 is 9.30 Å². The number of nitrogens with zero attached hydrogens (tertiary/aromatic N) is 3. The fourth-order valence-corrected chi connectivity index (χ4v) is 2.73. The van der Waals surface area contributed by atoms with Gasteiger partial charge in [-0.15, -0.1) is 0 Å². The zero-order valence-electron chi connectivity index (χ0n) is 11.5. The highest BCUT2D eigenvalue weighted by atomic mass is 32.1. The van der Waals surface area contributed by atoms with E-state index < -0.39 is 0 Å². The molecule has 0 aliphatic carbocycles. The highest BCUT2D eigenvalue weighted by Gasteiger charge is 2.07. The molecule has 0 aliphatic rings. The van der Waals surface area contributed by atoms with Gasteiger partial charge in [-0.2, -0.15) is 4.40 Å². The molecule has 2 heterocycles. The van der Waals surface area contributed by atoms with Gasteiger partial charge in [-0.3, -0.25) is 0 Å². The smallest absolute Gasteiger partial charge is 0.378 e. The average Bonchev–Trinajstić information content (AvgIpc) is 2.94. The number of thiazole rings is 1. The fourth-order valence-electron chi connectivity index (χ4n) is 2.02. The molecule has 0 unspecified atom stereocenters. The zero-order valence-corrected chi connectivity index (χ0v) is 12.3. The maximum Gasteiger partial charge on any atom is 0.387 e. The highest BCUT2D eigenvalue weighted by molar-refractivity contribution is 7.14. The second kappa shape index (κ2) is 5.43. The first-order valence-electron chi connectivity index (χ1n) is 6.43. The summed E-state index contributed by atoms with van der Waals surface area (Å²) >= 11 is 1.64. The third-order valence-electron chi connectivity index (χ3n) is 3.15. The molecule has 20 heavy (non-hydrogen) atoms. The topological polar surface area (TPSA) is 20.2 Å². The van der Waals surface area contributed by atoms with Crippen LogP contribution in [-0.2, 0) is 0 Å². The summed E-state index contributed by atoms with van der Waals surface area (Å²) in [4.78, 5) is 7.44. The van der Waals surface area contributed by atoms with Gasteiger partial charge in [0.15, 0.2) is 0 Å². The summed E-state index contributed by atoms with van der Waals surface area (Å²) in [5.41, 5.74) is 3.53. The molecule has 100 valence electrons. The van der Waals surface area contributed by atoms with Crippen molar-refractivity contribution in [2.24, 2.45) is 0 Å². The van der Waals surface area contributed by atoms with Crippen molar-refractivity contribution in [2.75, 3.05) is 19.0 Å². The Morgan fingerprint density at radius 3 is 2.65 bits per heavy atom. The predicted octanol–water partition coefficient (Wildman–Crippen LogP) is 3.12. The van der Waals surface area contributed by atoms with E-state index in [2.05, 4.69) is 50.7 Å². The number of hydrogen-bond acceptors (Lipinski definition) is 3. The molecule has 3 aromatic rings. The van der Waals surface area contributed by atoms with E-state index in [-0.39, 0.29) is 0 Å². The van der Waals surface area contributed by atoms with Crippen LogP contribution in [0.3, 0.4) is 0 Å². The second-order valence-electron chi connectivity index (χ2n) is 4.74. The van der Waals surface area contributed by atoms with E-state index in [9.17, 15) is 0 Å². The van der Waals surface area contributed by atoms with Crippen LogP contribution >= 0.6 is 11.3 Å². The van der Waals surface area contributed by atoms with Crippen molar-refractivity contribution < 1.29 is 4.40 Å². The minimum atomic E-state index is 1.01. The molecule has 3 nitrogen and oxygen atoms in total. The molecular weight excluding hydrogens is 266 g/mol. The molecule has 0 saturated carbocycles. The van der Waals surface area contributed by atoms with E-state index in [1.165, 1.54) is 11.3 Å². The Hall–Kier alpha value is -2.20. The summed E-state index contributed by atoms with van der Waals surface area (Å²) in [5.74, 6) is 0. The van der Waals surface area contributed by atoms with Gasteiger partial charge in [0.25, 0.3) is 0 Å². The van der Waals surface area contributed by atoms with Crippen LogP contribution in [0, 0.1) is 0 Å². The van der Waals surface area contributed by atoms with Crippen LogP contribution in [0.25, 0.3) is 17.1 Å². The standard InChI is InChI=1S/C16H16N3S/c1-18(2)14-6-3-13(4-7-14)5-8-15-9-10-17-16-19(15)11-12-20-16/h3-12H,1-2H3/q+1. The molecule has 0 atom stereocenters. The number of rotatable bonds is 3. The third kappa shape index (κ3) is 2.56. The first-order chi connectivity index (χ1) is 9.74. The number of hydrogen-bond donors (Lipinski definition) is 0. The van der Waals surface area contributed by atoms with Crippen LogP contribution in [0.5, 0.6) is 0 Å². The lowest BCUT2D eigenvalue weighted by Crippen LogP contribution is -2.22.